The van der Waals surface area contributed by atoms with Crippen LogP contribution in [0.2, 0.25) is 0 Å². The quantitative estimate of drug-likeness (QED) is 0.272. The average Bonchev–Trinajstić information content (AvgIpc) is 3.15. The Hall–Kier alpha value is -2.32. The number of thioether (sulfide) groups is 1. The van der Waals surface area contributed by atoms with Crippen molar-refractivity contribution in [2.24, 2.45) is 0 Å². The molecule has 0 N–H and O–H groups in total. The van der Waals surface area contributed by atoms with Gasteiger partial charge in [-0.3, -0.25) is 13.8 Å². The molecule has 0 aliphatic rings. The lowest BCUT2D eigenvalue weighted by atomic mass is 10.2. The van der Waals surface area contributed by atoms with Gasteiger partial charge in [0.05, 0.1) is 17.5 Å². The van der Waals surface area contributed by atoms with Gasteiger partial charge in [0, 0.05) is 16.8 Å². The molecule has 2 aromatic heterocycles. The van der Waals surface area contributed by atoms with Crippen LogP contribution in [-0.2, 0) is 6.54 Å². The van der Waals surface area contributed by atoms with Gasteiger partial charge in [-0.25, -0.2) is 0 Å². The third-order valence-corrected chi connectivity index (χ3v) is 5.98. The van der Waals surface area contributed by atoms with Crippen molar-refractivity contribution < 1.29 is 4.74 Å². The lowest BCUT2D eigenvalue weighted by Gasteiger charge is -2.11. The first-order chi connectivity index (χ1) is 14.2. The maximum Gasteiger partial charge on any atom is 0.262 e. The lowest BCUT2D eigenvalue weighted by molar-refractivity contribution is 0.343. The van der Waals surface area contributed by atoms with Crippen LogP contribution in [0.4, 0.5) is 0 Å². The van der Waals surface area contributed by atoms with E-state index in [0.29, 0.717) is 24.3 Å². The zero-order valence-electron chi connectivity index (χ0n) is 16.0. The highest BCUT2D eigenvalue weighted by atomic mass is 79.9. The maximum absolute atomic E-state index is 13.0. The van der Waals surface area contributed by atoms with Crippen LogP contribution in [0, 0.1) is 0 Å². The van der Waals surface area contributed by atoms with Crippen LogP contribution >= 0.6 is 27.7 Å². The van der Waals surface area contributed by atoms with Crippen LogP contribution in [0.1, 0.15) is 19.8 Å². The van der Waals surface area contributed by atoms with E-state index in [1.807, 2.05) is 52.9 Å². The lowest BCUT2D eigenvalue weighted by Crippen LogP contribution is -2.23. The van der Waals surface area contributed by atoms with Crippen LogP contribution in [0.5, 0.6) is 5.75 Å². The number of benzene rings is 2. The Bertz CT molecular complexity index is 1200. The standard InChI is InChI=1S/C21H21BrN4O2S/c1-2-3-11-25-19(27)17-9-4-5-10-18(17)26-20(25)23-24-21(26)29-13-12-28-16-8-6-7-15(22)14-16/h4-10,14H,2-3,11-13H2,1H3. The van der Waals surface area contributed by atoms with Crippen LogP contribution in [0.15, 0.2) is 63.0 Å². The highest BCUT2D eigenvalue weighted by Gasteiger charge is 2.16. The van der Waals surface area contributed by atoms with E-state index in [1.165, 1.54) is 0 Å². The highest BCUT2D eigenvalue weighted by molar-refractivity contribution is 9.10. The third kappa shape index (κ3) is 4.18. The predicted molar refractivity (Wildman–Crippen MR) is 120 cm³/mol. The number of fused-ring (bicyclic) bond motifs is 3. The summed E-state index contributed by atoms with van der Waals surface area (Å²) >= 11 is 5.02. The fourth-order valence-electron chi connectivity index (χ4n) is 3.19. The molecular weight excluding hydrogens is 452 g/mol. The second-order valence-electron chi connectivity index (χ2n) is 6.60. The van der Waals surface area contributed by atoms with E-state index in [9.17, 15) is 4.79 Å². The van der Waals surface area contributed by atoms with Gasteiger partial charge in [0.2, 0.25) is 5.78 Å². The second-order valence-corrected chi connectivity index (χ2v) is 8.58. The first-order valence-electron chi connectivity index (χ1n) is 9.57. The van der Waals surface area contributed by atoms with E-state index in [2.05, 4.69) is 33.1 Å². The number of aryl methyl sites for hydroxylation is 1. The number of hydrogen-bond donors (Lipinski definition) is 0. The number of unbranched alkanes of at least 4 members (excludes halogenated alkanes) is 1. The molecule has 4 aromatic rings. The molecule has 0 bridgehead atoms. The Balaban J connectivity index is 1.61. The Kier molecular flexibility index (Phi) is 6.20. The number of hydrogen-bond acceptors (Lipinski definition) is 5. The number of halogens is 1. The van der Waals surface area contributed by atoms with Crippen molar-refractivity contribution in [2.45, 2.75) is 31.5 Å². The van der Waals surface area contributed by atoms with Gasteiger partial charge in [-0.1, -0.05) is 59.2 Å². The minimum Gasteiger partial charge on any atom is -0.493 e. The van der Waals surface area contributed by atoms with Crippen LogP contribution < -0.4 is 10.3 Å². The van der Waals surface area contributed by atoms with Crippen molar-refractivity contribution >= 4 is 44.4 Å². The van der Waals surface area contributed by atoms with E-state index in [0.717, 1.165) is 39.5 Å². The summed E-state index contributed by atoms with van der Waals surface area (Å²) in [5.74, 6) is 2.14. The van der Waals surface area contributed by atoms with Crippen molar-refractivity contribution in [1.82, 2.24) is 19.2 Å². The van der Waals surface area contributed by atoms with Gasteiger partial charge < -0.3 is 4.74 Å². The van der Waals surface area contributed by atoms with Crippen molar-refractivity contribution in [3.8, 4) is 5.75 Å². The third-order valence-electron chi connectivity index (χ3n) is 4.59. The minimum atomic E-state index is -0.0107. The van der Waals surface area contributed by atoms with Gasteiger partial charge in [0.1, 0.15) is 5.75 Å². The first-order valence-corrected chi connectivity index (χ1v) is 11.3. The van der Waals surface area contributed by atoms with Crippen LogP contribution in [-0.4, -0.2) is 31.5 Å². The van der Waals surface area contributed by atoms with Gasteiger partial charge in [-0.15, -0.1) is 10.2 Å². The molecule has 0 fully saturated rings. The van der Waals surface area contributed by atoms with E-state index in [1.54, 1.807) is 16.3 Å². The zero-order chi connectivity index (χ0) is 20.2. The predicted octanol–water partition coefficient (Wildman–Crippen LogP) is 4.78. The summed E-state index contributed by atoms with van der Waals surface area (Å²) in [4.78, 5) is 13.0. The molecule has 0 aliphatic carbocycles. The van der Waals surface area contributed by atoms with E-state index >= 15 is 0 Å². The monoisotopic (exact) mass is 472 g/mol. The number of ether oxygens (including phenoxy) is 1. The molecule has 0 atom stereocenters. The molecule has 2 aromatic carbocycles. The Morgan fingerprint density at radius 3 is 2.83 bits per heavy atom. The van der Waals surface area contributed by atoms with Crippen LogP contribution in [0.25, 0.3) is 16.7 Å². The summed E-state index contributed by atoms with van der Waals surface area (Å²) in [5.41, 5.74) is 0.823. The van der Waals surface area contributed by atoms with Crippen molar-refractivity contribution in [3.63, 3.8) is 0 Å². The molecule has 0 amide bonds. The number of para-hydroxylation sites is 1. The second kappa shape index (κ2) is 9.00. The molecule has 2 heterocycles. The van der Waals surface area contributed by atoms with E-state index in [-0.39, 0.29) is 5.56 Å². The van der Waals surface area contributed by atoms with Gasteiger partial charge in [0.25, 0.3) is 5.56 Å². The summed E-state index contributed by atoms with van der Waals surface area (Å²) in [5, 5.41) is 10.2. The molecular formula is C21H21BrN4O2S. The van der Waals surface area contributed by atoms with Gasteiger partial charge in [0.15, 0.2) is 5.16 Å². The molecule has 0 spiro atoms. The van der Waals surface area contributed by atoms with E-state index < -0.39 is 0 Å². The number of nitrogens with zero attached hydrogens (tertiary/aromatic N) is 4. The smallest absolute Gasteiger partial charge is 0.262 e. The maximum atomic E-state index is 13.0. The van der Waals surface area contributed by atoms with Gasteiger partial charge in [-0.05, 0) is 36.8 Å². The molecule has 0 unspecified atom stereocenters. The molecule has 4 rings (SSSR count). The van der Waals surface area contributed by atoms with E-state index in [4.69, 9.17) is 4.74 Å². The summed E-state index contributed by atoms with van der Waals surface area (Å²) in [7, 11) is 0. The topological polar surface area (TPSA) is 61.4 Å². The Morgan fingerprint density at radius 2 is 2.00 bits per heavy atom. The minimum absolute atomic E-state index is 0.0107. The molecule has 0 radical (unpaired) electrons. The Labute approximate surface area is 181 Å². The first kappa shape index (κ1) is 20.0. The zero-order valence-corrected chi connectivity index (χ0v) is 18.4. The van der Waals surface area contributed by atoms with Gasteiger partial charge >= 0.3 is 0 Å². The summed E-state index contributed by atoms with van der Waals surface area (Å²) in [6.07, 6.45) is 1.93. The van der Waals surface area contributed by atoms with Gasteiger partial charge in [-0.2, -0.15) is 0 Å². The largest absolute Gasteiger partial charge is 0.493 e. The van der Waals surface area contributed by atoms with Crippen molar-refractivity contribution in [2.75, 3.05) is 12.4 Å². The summed E-state index contributed by atoms with van der Waals surface area (Å²) < 4.78 is 10.5. The Morgan fingerprint density at radius 1 is 1.14 bits per heavy atom. The molecule has 29 heavy (non-hydrogen) atoms. The SMILES string of the molecule is CCCCn1c(=O)c2ccccc2n2c(SCCOc3cccc(Br)c3)nnc12. The molecule has 6 nitrogen and oxygen atoms in total. The molecule has 0 aliphatic heterocycles. The molecule has 0 saturated heterocycles. The van der Waals surface area contributed by atoms with Crippen molar-refractivity contribution in [1.29, 1.82) is 0 Å². The number of rotatable bonds is 8. The fourth-order valence-corrected chi connectivity index (χ4v) is 4.33. The molecule has 150 valence electrons. The summed E-state index contributed by atoms with van der Waals surface area (Å²) in [6.45, 7) is 3.29. The molecule has 8 heteroatoms. The highest BCUT2D eigenvalue weighted by Crippen LogP contribution is 2.23. The van der Waals surface area contributed by atoms with Crippen LogP contribution in [0.3, 0.4) is 0 Å². The number of aromatic nitrogens is 4. The molecule has 0 saturated carbocycles. The summed E-state index contributed by atoms with van der Waals surface area (Å²) in [6, 6.07) is 15.4. The average molecular weight is 473 g/mol. The van der Waals surface area contributed by atoms with Crippen molar-refractivity contribution in [3.05, 3.63) is 63.4 Å². The normalized spacial score (nSPS) is 11.4. The fraction of sp³-hybridized carbons (Fsp3) is 0.286.